The van der Waals surface area contributed by atoms with Crippen LogP contribution < -0.4 is 0 Å². The van der Waals surface area contributed by atoms with Crippen molar-refractivity contribution in [3.05, 3.63) is 46.3 Å². The number of imidazole rings is 1. The van der Waals surface area contributed by atoms with Crippen LogP contribution in [-0.4, -0.2) is 20.5 Å². The molecular formula is C14H10ClFN2O2S. The Kier molecular flexibility index (Phi) is 3.65. The van der Waals surface area contributed by atoms with E-state index in [2.05, 4.69) is 4.98 Å². The summed E-state index contributed by atoms with van der Waals surface area (Å²) in [5.74, 6) is -1.30. The van der Waals surface area contributed by atoms with Crippen molar-refractivity contribution in [1.29, 1.82) is 0 Å². The molecule has 0 unspecified atom stereocenters. The van der Waals surface area contributed by atoms with Crippen LogP contribution in [0, 0.1) is 5.82 Å². The van der Waals surface area contributed by atoms with Gasteiger partial charge in [-0.05, 0) is 24.6 Å². The number of carbonyl (C=O) groups is 1. The summed E-state index contributed by atoms with van der Waals surface area (Å²) in [6.07, 6.45) is 2.32. The lowest BCUT2D eigenvalue weighted by molar-refractivity contribution is -0.136. The molecule has 3 rings (SSSR count). The second-order valence-electron chi connectivity index (χ2n) is 4.53. The van der Waals surface area contributed by atoms with Gasteiger partial charge < -0.3 is 5.11 Å². The predicted octanol–water partition coefficient (Wildman–Crippen LogP) is 3.87. The molecule has 0 saturated heterocycles. The van der Waals surface area contributed by atoms with Gasteiger partial charge in [-0.15, -0.1) is 11.3 Å². The average Bonchev–Trinajstić information content (AvgIpc) is 3.00. The van der Waals surface area contributed by atoms with Crippen molar-refractivity contribution in [3.8, 4) is 11.3 Å². The number of thiazole rings is 1. The van der Waals surface area contributed by atoms with Crippen LogP contribution in [0.4, 0.5) is 4.39 Å². The largest absolute Gasteiger partial charge is 0.481 e. The van der Waals surface area contributed by atoms with E-state index in [0.717, 1.165) is 16.2 Å². The predicted molar refractivity (Wildman–Crippen MR) is 79.4 cm³/mol. The summed E-state index contributed by atoms with van der Waals surface area (Å²) in [7, 11) is 0. The first-order valence-corrected chi connectivity index (χ1v) is 7.43. The molecule has 0 bridgehead atoms. The number of aryl methyl sites for hydroxylation is 1. The number of benzene rings is 1. The van der Waals surface area contributed by atoms with E-state index in [1.807, 2.05) is 16.0 Å². The van der Waals surface area contributed by atoms with Crippen molar-refractivity contribution in [2.75, 3.05) is 0 Å². The van der Waals surface area contributed by atoms with Gasteiger partial charge in [-0.1, -0.05) is 11.6 Å². The lowest BCUT2D eigenvalue weighted by Crippen LogP contribution is -1.99. The molecule has 2 heterocycles. The molecule has 0 spiro atoms. The number of fused-ring (bicyclic) bond motifs is 1. The first kappa shape index (κ1) is 14.0. The molecule has 7 heteroatoms. The smallest absolute Gasteiger partial charge is 0.303 e. The maximum absolute atomic E-state index is 13.2. The summed E-state index contributed by atoms with van der Waals surface area (Å²) in [5.41, 5.74) is 2.30. The number of aliphatic carboxylic acids is 1. The summed E-state index contributed by atoms with van der Waals surface area (Å²) < 4.78 is 15.0. The number of rotatable bonds is 4. The Balaban J connectivity index is 1.97. The van der Waals surface area contributed by atoms with Gasteiger partial charge in [0.1, 0.15) is 5.82 Å². The van der Waals surface area contributed by atoms with Gasteiger partial charge in [0.25, 0.3) is 0 Å². The zero-order valence-electron chi connectivity index (χ0n) is 10.7. The van der Waals surface area contributed by atoms with Crippen LogP contribution in [0.15, 0.2) is 29.8 Å². The van der Waals surface area contributed by atoms with Crippen LogP contribution in [0.3, 0.4) is 0 Å². The molecule has 0 radical (unpaired) electrons. The molecule has 3 aromatic rings. The zero-order chi connectivity index (χ0) is 15.0. The van der Waals surface area contributed by atoms with Crippen molar-refractivity contribution < 1.29 is 14.3 Å². The normalized spacial score (nSPS) is 11.1. The number of nitrogens with zero attached hydrogens (tertiary/aromatic N) is 2. The van der Waals surface area contributed by atoms with Gasteiger partial charge >= 0.3 is 5.97 Å². The Labute approximate surface area is 128 Å². The van der Waals surface area contributed by atoms with Crippen LogP contribution in [-0.2, 0) is 11.2 Å². The molecule has 0 aliphatic heterocycles. The van der Waals surface area contributed by atoms with E-state index in [9.17, 15) is 9.18 Å². The fraction of sp³-hybridized carbons (Fsp3) is 0.143. The maximum atomic E-state index is 13.2. The molecule has 1 aromatic carbocycles. The van der Waals surface area contributed by atoms with Crippen molar-refractivity contribution in [3.63, 3.8) is 0 Å². The molecule has 0 saturated carbocycles. The molecule has 108 valence electrons. The number of aromatic nitrogens is 2. The Bertz CT molecular complexity index is 828. The fourth-order valence-electron chi connectivity index (χ4n) is 2.04. The van der Waals surface area contributed by atoms with E-state index in [0.29, 0.717) is 12.1 Å². The molecule has 4 nitrogen and oxygen atoms in total. The van der Waals surface area contributed by atoms with Crippen LogP contribution in [0.25, 0.3) is 16.2 Å². The third kappa shape index (κ3) is 2.77. The monoisotopic (exact) mass is 324 g/mol. The highest BCUT2D eigenvalue weighted by atomic mass is 35.5. The molecule has 0 aliphatic carbocycles. The minimum Gasteiger partial charge on any atom is -0.481 e. The van der Waals surface area contributed by atoms with Gasteiger partial charge in [0.15, 0.2) is 4.96 Å². The van der Waals surface area contributed by atoms with Crippen LogP contribution in [0.5, 0.6) is 0 Å². The highest BCUT2D eigenvalue weighted by molar-refractivity contribution is 7.15. The second-order valence-corrected chi connectivity index (χ2v) is 5.77. The molecule has 0 atom stereocenters. The quantitative estimate of drug-likeness (QED) is 0.792. The second kappa shape index (κ2) is 5.46. The number of halogens is 2. The third-order valence-electron chi connectivity index (χ3n) is 3.09. The van der Waals surface area contributed by atoms with Gasteiger partial charge in [0, 0.05) is 22.8 Å². The van der Waals surface area contributed by atoms with Crippen molar-refractivity contribution in [2.24, 2.45) is 0 Å². The molecular weight excluding hydrogens is 315 g/mol. The molecule has 1 N–H and O–H groups in total. The first-order chi connectivity index (χ1) is 10.0. The summed E-state index contributed by atoms with van der Waals surface area (Å²) in [6, 6.07) is 4.45. The summed E-state index contributed by atoms with van der Waals surface area (Å²) in [6.45, 7) is 0. The summed E-state index contributed by atoms with van der Waals surface area (Å²) >= 11 is 7.22. The van der Waals surface area contributed by atoms with E-state index in [1.54, 1.807) is 6.07 Å². The SMILES string of the molecule is O=C(O)CCc1csc2nc(-c3ccc(F)c(Cl)c3)cn12. The number of hydrogen-bond donors (Lipinski definition) is 1. The fourth-order valence-corrected chi connectivity index (χ4v) is 3.13. The number of carboxylic acids is 1. The van der Waals surface area contributed by atoms with Gasteiger partial charge in [-0.25, -0.2) is 9.37 Å². The van der Waals surface area contributed by atoms with Crippen molar-refractivity contribution >= 4 is 33.9 Å². The molecule has 0 amide bonds. The van der Waals surface area contributed by atoms with Crippen LogP contribution in [0.1, 0.15) is 12.1 Å². The third-order valence-corrected chi connectivity index (χ3v) is 4.27. The Hall–Kier alpha value is -1.92. The topological polar surface area (TPSA) is 54.6 Å². The Morgan fingerprint density at radius 1 is 1.48 bits per heavy atom. The van der Waals surface area contributed by atoms with Gasteiger partial charge in [-0.3, -0.25) is 9.20 Å². The van der Waals surface area contributed by atoms with E-state index in [-0.39, 0.29) is 11.4 Å². The molecule has 2 aromatic heterocycles. The highest BCUT2D eigenvalue weighted by Crippen LogP contribution is 2.27. The van der Waals surface area contributed by atoms with E-state index < -0.39 is 11.8 Å². The summed E-state index contributed by atoms with van der Waals surface area (Å²) in [5, 5.41) is 10.7. The summed E-state index contributed by atoms with van der Waals surface area (Å²) in [4.78, 5) is 15.9. The number of carboxylic acid groups (broad SMARTS) is 1. The minimum atomic E-state index is -0.833. The molecule has 0 aliphatic rings. The first-order valence-electron chi connectivity index (χ1n) is 6.17. The van der Waals surface area contributed by atoms with Crippen LogP contribution >= 0.6 is 22.9 Å². The zero-order valence-corrected chi connectivity index (χ0v) is 12.3. The Morgan fingerprint density at radius 3 is 3.00 bits per heavy atom. The van der Waals surface area contributed by atoms with Crippen molar-refractivity contribution in [2.45, 2.75) is 12.8 Å². The number of hydrogen-bond acceptors (Lipinski definition) is 3. The average molecular weight is 325 g/mol. The van der Waals surface area contributed by atoms with E-state index in [4.69, 9.17) is 16.7 Å². The van der Waals surface area contributed by atoms with Crippen molar-refractivity contribution in [1.82, 2.24) is 9.38 Å². The maximum Gasteiger partial charge on any atom is 0.303 e. The lowest BCUT2D eigenvalue weighted by Gasteiger charge is -1.99. The Morgan fingerprint density at radius 2 is 2.29 bits per heavy atom. The standard InChI is InChI=1S/C14H10ClFN2O2S/c15-10-5-8(1-3-11(10)16)12-6-18-9(2-4-13(19)20)7-21-14(18)17-12/h1,3,5-7H,2,4H2,(H,19,20). The highest BCUT2D eigenvalue weighted by Gasteiger charge is 2.11. The van der Waals surface area contributed by atoms with Gasteiger partial charge in [0.05, 0.1) is 17.1 Å². The van der Waals surface area contributed by atoms with E-state index >= 15 is 0 Å². The van der Waals surface area contributed by atoms with E-state index in [1.165, 1.54) is 23.5 Å². The van der Waals surface area contributed by atoms with Gasteiger partial charge in [-0.2, -0.15) is 0 Å². The molecule has 21 heavy (non-hydrogen) atoms. The van der Waals surface area contributed by atoms with Gasteiger partial charge in [0.2, 0.25) is 0 Å². The minimum absolute atomic E-state index is 0.0509. The van der Waals surface area contributed by atoms with Crippen LogP contribution in [0.2, 0.25) is 5.02 Å². The lowest BCUT2D eigenvalue weighted by atomic mass is 10.2. The molecule has 0 fully saturated rings.